The molecule has 2 atom stereocenters. The molecule has 0 amide bonds. The van der Waals surface area contributed by atoms with Gasteiger partial charge in [0.15, 0.2) is 0 Å². The largest absolute Gasteiger partial charge is 0.373 e. The molecule has 2 heterocycles. The molecule has 1 aromatic heterocycles. The van der Waals surface area contributed by atoms with E-state index in [4.69, 9.17) is 9.97 Å². The Morgan fingerprint density at radius 1 is 1.11 bits per heavy atom. The molecule has 36 heavy (non-hydrogen) atoms. The molecule has 0 bridgehead atoms. The molecule has 5 heteroatoms. The van der Waals surface area contributed by atoms with Crippen molar-refractivity contribution in [2.45, 2.75) is 58.3 Å². The first-order valence-corrected chi connectivity index (χ1v) is 13.3. The summed E-state index contributed by atoms with van der Waals surface area (Å²) < 4.78 is 0. The van der Waals surface area contributed by atoms with E-state index in [1.807, 2.05) is 32.4 Å². The smallest absolute Gasteiger partial charge is 0.108 e. The number of rotatable bonds is 10. The van der Waals surface area contributed by atoms with Gasteiger partial charge in [-0.05, 0) is 39.0 Å². The van der Waals surface area contributed by atoms with Crippen molar-refractivity contribution in [2.24, 2.45) is 11.7 Å². The lowest BCUT2D eigenvalue weighted by Crippen LogP contribution is -2.34. The zero-order valence-electron chi connectivity index (χ0n) is 23.6. The van der Waals surface area contributed by atoms with Gasteiger partial charge in [-0.3, -0.25) is 4.98 Å². The van der Waals surface area contributed by atoms with Crippen LogP contribution < -0.4 is 11.1 Å². The molecule has 3 rings (SSSR count). The van der Waals surface area contributed by atoms with Crippen molar-refractivity contribution >= 4 is 11.8 Å². The highest BCUT2D eigenvalue weighted by atomic mass is 15.1. The lowest BCUT2D eigenvalue weighted by molar-refractivity contribution is 0.285. The number of nitrogens with one attached hydrogen (secondary N) is 1. The minimum Gasteiger partial charge on any atom is -0.373 e. The van der Waals surface area contributed by atoms with E-state index in [2.05, 4.69) is 74.3 Å². The number of unbranched alkanes of at least 4 members (excludes halogenated alkanes) is 2. The van der Waals surface area contributed by atoms with Gasteiger partial charge in [0, 0.05) is 25.1 Å². The fraction of sp³-hybridized carbons (Fsp3) is 0.484. The summed E-state index contributed by atoms with van der Waals surface area (Å²) in [4.78, 5) is 12.3. The van der Waals surface area contributed by atoms with Crippen LogP contribution in [-0.2, 0) is 0 Å². The Balaban J connectivity index is 0.00000120. The second-order valence-corrected chi connectivity index (χ2v) is 9.18. The lowest BCUT2D eigenvalue weighted by Gasteiger charge is -2.38. The molecule has 2 unspecified atom stereocenters. The van der Waals surface area contributed by atoms with Gasteiger partial charge in [0.2, 0.25) is 0 Å². The van der Waals surface area contributed by atoms with E-state index in [9.17, 15) is 0 Å². The van der Waals surface area contributed by atoms with Crippen molar-refractivity contribution in [3.05, 3.63) is 72.7 Å². The van der Waals surface area contributed by atoms with Crippen LogP contribution in [0.15, 0.2) is 55.8 Å². The number of fused-ring (bicyclic) bond motifs is 1. The van der Waals surface area contributed by atoms with Gasteiger partial charge >= 0.3 is 0 Å². The van der Waals surface area contributed by atoms with Gasteiger partial charge < -0.3 is 16.0 Å². The maximum atomic E-state index is 5.06. The normalized spacial score (nSPS) is 15.4. The molecule has 0 radical (unpaired) electrons. The van der Waals surface area contributed by atoms with Gasteiger partial charge in [-0.2, -0.15) is 0 Å². The quantitative estimate of drug-likeness (QED) is 0.284. The molecule has 198 valence electrons. The van der Waals surface area contributed by atoms with Crippen LogP contribution in [0.2, 0.25) is 0 Å². The summed E-state index contributed by atoms with van der Waals surface area (Å²) in [5.41, 5.74) is 10.7. The van der Waals surface area contributed by atoms with Crippen LogP contribution >= 0.6 is 0 Å². The third-order valence-corrected chi connectivity index (χ3v) is 6.39. The van der Waals surface area contributed by atoms with Gasteiger partial charge in [0.1, 0.15) is 5.69 Å². The van der Waals surface area contributed by atoms with Crippen molar-refractivity contribution in [3.8, 4) is 11.3 Å². The van der Waals surface area contributed by atoms with E-state index >= 15 is 0 Å². The Labute approximate surface area is 220 Å². The molecular formula is C31H49N5. The Bertz CT molecular complexity index is 932. The van der Waals surface area contributed by atoms with Crippen molar-refractivity contribution < 1.29 is 0 Å². The number of aromatic nitrogens is 2. The van der Waals surface area contributed by atoms with Crippen molar-refractivity contribution in [2.75, 3.05) is 34.7 Å². The van der Waals surface area contributed by atoms with Crippen LogP contribution in [0.1, 0.15) is 75.2 Å². The molecular weight excluding hydrogens is 442 g/mol. The summed E-state index contributed by atoms with van der Waals surface area (Å²) in [6, 6.07) is 8.42. The average molecular weight is 492 g/mol. The molecule has 1 aliphatic rings. The van der Waals surface area contributed by atoms with E-state index in [0.717, 1.165) is 40.5 Å². The number of likely N-dealkylation sites (N-methyl/N-ethyl adjacent to an activating group) is 1. The number of nitrogens with two attached hydrogens (primary N) is 1. The van der Waals surface area contributed by atoms with E-state index < -0.39 is 0 Å². The molecule has 5 nitrogen and oxygen atoms in total. The minimum absolute atomic E-state index is 0.426. The van der Waals surface area contributed by atoms with Gasteiger partial charge in [-0.25, -0.2) is 4.98 Å². The minimum atomic E-state index is 0.426. The van der Waals surface area contributed by atoms with Crippen LogP contribution in [0.5, 0.6) is 0 Å². The first kappa shape index (κ1) is 31.3. The van der Waals surface area contributed by atoms with Gasteiger partial charge in [0.25, 0.3) is 0 Å². The van der Waals surface area contributed by atoms with E-state index in [0.29, 0.717) is 11.8 Å². The predicted molar refractivity (Wildman–Crippen MR) is 159 cm³/mol. The third kappa shape index (κ3) is 9.03. The van der Waals surface area contributed by atoms with Gasteiger partial charge in [-0.15, -0.1) is 0 Å². The SMILES string of the molecule is C=C/C=C/c1ccc(-c2cnc3c(n2)C(=C)N(C)CC3C(CCC)CCCCC)cc1.CN.CNC. The highest BCUT2D eigenvalue weighted by molar-refractivity contribution is 5.68. The van der Waals surface area contributed by atoms with E-state index in [1.165, 1.54) is 45.6 Å². The van der Waals surface area contributed by atoms with Crippen LogP contribution in [0.3, 0.4) is 0 Å². The zero-order chi connectivity index (χ0) is 26.9. The number of nitrogens with zero attached hydrogens (tertiary/aromatic N) is 3. The summed E-state index contributed by atoms with van der Waals surface area (Å²) in [7, 11) is 7.39. The lowest BCUT2D eigenvalue weighted by atomic mass is 9.79. The highest BCUT2D eigenvalue weighted by Crippen LogP contribution is 2.40. The molecule has 0 spiro atoms. The van der Waals surface area contributed by atoms with Crippen LogP contribution in [0, 0.1) is 5.92 Å². The summed E-state index contributed by atoms with van der Waals surface area (Å²) in [6.45, 7) is 13.6. The summed E-state index contributed by atoms with van der Waals surface area (Å²) in [5, 5.41) is 2.75. The molecule has 0 saturated carbocycles. The van der Waals surface area contributed by atoms with Crippen LogP contribution in [0.4, 0.5) is 0 Å². The first-order chi connectivity index (χ1) is 17.5. The van der Waals surface area contributed by atoms with Crippen molar-refractivity contribution in [3.63, 3.8) is 0 Å². The summed E-state index contributed by atoms with van der Waals surface area (Å²) >= 11 is 0. The summed E-state index contributed by atoms with van der Waals surface area (Å²) in [5.74, 6) is 1.08. The second kappa shape index (κ2) is 17.6. The highest BCUT2D eigenvalue weighted by Gasteiger charge is 2.33. The van der Waals surface area contributed by atoms with Crippen molar-refractivity contribution in [1.29, 1.82) is 0 Å². The molecule has 0 saturated heterocycles. The number of allylic oxidation sites excluding steroid dienone is 2. The van der Waals surface area contributed by atoms with Crippen molar-refractivity contribution in [1.82, 2.24) is 20.2 Å². The molecule has 0 aliphatic carbocycles. The Hall–Kier alpha value is -2.76. The molecule has 3 N–H and O–H groups in total. The number of hydrogen-bond donors (Lipinski definition) is 2. The maximum Gasteiger partial charge on any atom is 0.108 e. The molecule has 2 aromatic rings. The summed E-state index contributed by atoms with van der Waals surface area (Å²) in [6.07, 6.45) is 15.3. The van der Waals surface area contributed by atoms with E-state index in [-0.39, 0.29) is 0 Å². The Kier molecular flexibility index (Phi) is 15.3. The monoisotopic (exact) mass is 491 g/mol. The topological polar surface area (TPSA) is 67.1 Å². The number of hydrogen-bond acceptors (Lipinski definition) is 5. The average Bonchev–Trinajstić information content (AvgIpc) is 2.91. The predicted octanol–water partition coefficient (Wildman–Crippen LogP) is 6.75. The van der Waals surface area contributed by atoms with Gasteiger partial charge in [-0.1, -0.05) is 102 Å². The maximum absolute atomic E-state index is 5.06. The third-order valence-electron chi connectivity index (χ3n) is 6.39. The Morgan fingerprint density at radius 2 is 1.78 bits per heavy atom. The van der Waals surface area contributed by atoms with Crippen LogP contribution in [0.25, 0.3) is 23.0 Å². The fourth-order valence-electron chi connectivity index (χ4n) is 4.58. The van der Waals surface area contributed by atoms with Gasteiger partial charge in [0.05, 0.1) is 23.3 Å². The second-order valence-electron chi connectivity index (χ2n) is 9.18. The molecule has 1 aromatic carbocycles. The molecule has 1 aliphatic heterocycles. The number of benzene rings is 1. The van der Waals surface area contributed by atoms with E-state index in [1.54, 1.807) is 6.08 Å². The fourth-order valence-corrected chi connectivity index (χ4v) is 4.58. The Morgan fingerprint density at radius 3 is 2.36 bits per heavy atom. The zero-order valence-corrected chi connectivity index (χ0v) is 23.6. The van der Waals surface area contributed by atoms with Crippen LogP contribution in [-0.4, -0.2) is 49.6 Å². The standard InChI is InChI=1S/C28H37N3.C2H7N.CH5N/c1-6-9-11-14-23(12-8-3)25-20-31(5)21(4)27-28(25)29-19-26(30-27)24-17-15-22(16-18-24)13-10-7-2;1-3-2;1-2/h7,10,13,15-19,23,25H,2,4,6,8-9,11-12,14,20H2,1,3,5H3;3H,1-2H3;2H2,1H3/b13-10+;;. The molecule has 0 fully saturated rings. The first-order valence-electron chi connectivity index (χ1n) is 13.3.